The van der Waals surface area contributed by atoms with Crippen LogP contribution in [0.2, 0.25) is 0 Å². The first kappa shape index (κ1) is 14.9. The van der Waals surface area contributed by atoms with Gasteiger partial charge in [0.15, 0.2) is 0 Å². The summed E-state index contributed by atoms with van der Waals surface area (Å²) < 4.78 is 0. The number of hydrogen-bond donors (Lipinski definition) is 0. The second kappa shape index (κ2) is 8.02. The summed E-state index contributed by atoms with van der Waals surface area (Å²) >= 11 is 0. The molecule has 0 saturated heterocycles. The summed E-state index contributed by atoms with van der Waals surface area (Å²) in [4.78, 5) is 22.5. The summed E-state index contributed by atoms with van der Waals surface area (Å²) in [7, 11) is 0. The normalized spacial score (nSPS) is 17.4. The molecule has 0 heterocycles. The SMILES string of the molecule is CCC/C(C=O)=C(\CCC)C1=C(C=O)CCCC1. The topological polar surface area (TPSA) is 34.1 Å². The molecule has 0 saturated carbocycles. The molecule has 0 aliphatic heterocycles. The highest BCUT2D eigenvalue weighted by atomic mass is 16.1. The Morgan fingerprint density at radius 3 is 2.28 bits per heavy atom. The number of allylic oxidation sites excluding steroid dienone is 4. The molecule has 0 aromatic rings. The Morgan fingerprint density at radius 2 is 1.72 bits per heavy atom. The van der Waals surface area contributed by atoms with Gasteiger partial charge in [0.05, 0.1) is 0 Å². The van der Waals surface area contributed by atoms with Gasteiger partial charge in [-0.1, -0.05) is 26.7 Å². The average molecular weight is 248 g/mol. The van der Waals surface area contributed by atoms with E-state index in [0.717, 1.165) is 80.7 Å². The van der Waals surface area contributed by atoms with Gasteiger partial charge in [0, 0.05) is 0 Å². The van der Waals surface area contributed by atoms with Crippen LogP contribution in [0.15, 0.2) is 22.3 Å². The van der Waals surface area contributed by atoms with Crippen molar-refractivity contribution in [2.45, 2.75) is 65.2 Å². The van der Waals surface area contributed by atoms with E-state index in [4.69, 9.17) is 0 Å². The molecule has 0 N–H and O–H groups in total. The van der Waals surface area contributed by atoms with E-state index >= 15 is 0 Å². The average Bonchev–Trinajstić information content (AvgIpc) is 2.42. The minimum atomic E-state index is 0.828. The predicted molar refractivity (Wildman–Crippen MR) is 74.5 cm³/mol. The van der Waals surface area contributed by atoms with Crippen LogP contribution in [0.1, 0.15) is 65.2 Å². The van der Waals surface area contributed by atoms with Crippen LogP contribution in [0.3, 0.4) is 0 Å². The zero-order valence-corrected chi connectivity index (χ0v) is 11.6. The van der Waals surface area contributed by atoms with Crippen LogP contribution in [0, 0.1) is 0 Å². The van der Waals surface area contributed by atoms with Crippen LogP contribution in [0.5, 0.6) is 0 Å². The molecule has 0 radical (unpaired) electrons. The maximum atomic E-state index is 11.3. The molecule has 100 valence electrons. The predicted octanol–water partition coefficient (Wildman–Crippen LogP) is 4.15. The smallest absolute Gasteiger partial charge is 0.146 e. The Bertz CT molecular complexity index is 361. The first-order chi connectivity index (χ1) is 8.78. The second-order valence-corrected chi connectivity index (χ2v) is 4.95. The molecule has 2 heteroatoms. The van der Waals surface area contributed by atoms with Gasteiger partial charge >= 0.3 is 0 Å². The van der Waals surface area contributed by atoms with Crippen molar-refractivity contribution in [1.82, 2.24) is 0 Å². The van der Waals surface area contributed by atoms with E-state index in [1.807, 2.05) is 0 Å². The lowest BCUT2D eigenvalue weighted by atomic mass is 9.83. The summed E-state index contributed by atoms with van der Waals surface area (Å²) in [6.07, 6.45) is 9.82. The van der Waals surface area contributed by atoms with E-state index in [1.54, 1.807) is 0 Å². The van der Waals surface area contributed by atoms with E-state index in [0.29, 0.717) is 0 Å². The molecule has 0 unspecified atom stereocenters. The third kappa shape index (κ3) is 3.66. The summed E-state index contributed by atoms with van der Waals surface area (Å²) in [6, 6.07) is 0. The van der Waals surface area contributed by atoms with Crippen LogP contribution in [0.25, 0.3) is 0 Å². The fraction of sp³-hybridized carbons (Fsp3) is 0.625. The fourth-order valence-electron chi connectivity index (χ4n) is 2.71. The third-order valence-corrected chi connectivity index (χ3v) is 3.57. The van der Waals surface area contributed by atoms with Crippen LogP contribution in [-0.4, -0.2) is 12.6 Å². The largest absolute Gasteiger partial charge is 0.298 e. The zero-order chi connectivity index (χ0) is 13.4. The van der Waals surface area contributed by atoms with Gasteiger partial charge in [0.1, 0.15) is 12.6 Å². The molecule has 0 atom stereocenters. The van der Waals surface area contributed by atoms with Crippen molar-refractivity contribution in [3.8, 4) is 0 Å². The lowest BCUT2D eigenvalue weighted by Crippen LogP contribution is -2.07. The van der Waals surface area contributed by atoms with Gasteiger partial charge in [-0.2, -0.15) is 0 Å². The quantitative estimate of drug-likeness (QED) is 0.501. The van der Waals surface area contributed by atoms with E-state index in [-0.39, 0.29) is 0 Å². The van der Waals surface area contributed by atoms with Gasteiger partial charge in [-0.3, -0.25) is 9.59 Å². The van der Waals surface area contributed by atoms with Gasteiger partial charge in [0.25, 0.3) is 0 Å². The van der Waals surface area contributed by atoms with E-state index in [2.05, 4.69) is 13.8 Å². The van der Waals surface area contributed by atoms with Gasteiger partial charge in [-0.05, 0) is 60.8 Å². The van der Waals surface area contributed by atoms with Gasteiger partial charge in [-0.25, -0.2) is 0 Å². The van der Waals surface area contributed by atoms with Gasteiger partial charge in [0.2, 0.25) is 0 Å². The molecule has 1 aliphatic carbocycles. The summed E-state index contributed by atoms with van der Waals surface area (Å²) in [5, 5.41) is 0. The Kier molecular flexibility index (Phi) is 6.63. The Morgan fingerprint density at radius 1 is 1.06 bits per heavy atom. The Labute approximate surface area is 110 Å². The summed E-state index contributed by atoms with van der Waals surface area (Å²) in [5.41, 5.74) is 4.18. The van der Waals surface area contributed by atoms with Crippen LogP contribution in [-0.2, 0) is 9.59 Å². The lowest BCUT2D eigenvalue weighted by Gasteiger charge is -2.21. The molecule has 0 fully saturated rings. The number of hydrogen-bond acceptors (Lipinski definition) is 2. The minimum absolute atomic E-state index is 0.828. The Balaban J connectivity index is 3.20. The first-order valence-electron chi connectivity index (χ1n) is 7.13. The molecule has 0 aromatic carbocycles. The van der Waals surface area contributed by atoms with Crippen molar-refractivity contribution in [3.63, 3.8) is 0 Å². The van der Waals surface area contributed by atoms with Crippen molar-refractivity contribution in [1.29, 1.82) is 0 Å². The van der Waals surface area contributed by atoms with E-state index < -0.39 is 0 Å². The summed E-state index contributed by atoms with van der Waals surface area (Å²) in [6.45, 7) is 4.21. The van der Waals surface area contributed by atoms with Crippen LogP contribution >= 0.6 is 0 Å². The van der Waals surface area contributed by atoms with Crippen LogP contribution in [0.4, 0.5) is 0 Å². The molecular weight excluding hydrogens is 224 g/mol. The molecule has 18 heavy (non-hydrogen) atoms. The highest BCUT2D eigenvalue weighted by molar-refractivity contribution is 5.81. The molecule has 0 spiro atoms. The summed E-state index contributed by atoms with van der Waals surface area (Å²) in [5.74, 6) is 0. The maximum Gasteiger partial charge on any atom is 0.146 e. The number of carbonyl (C=O) groups is 2. The third-order valence-electron chi connectivity index (χ3n) is 3.57. The highest BCUT2D eigenvalue weighted by Crippen LogP contribution is 2.33. The standard InChI is InChI=1S/C16H24O2/c1-3-7-13(11-17)15(8-4-2)16-10-6-5-9-14(16)12-18/h11-12H,3-10H2,1-2H3/b15-13-. The van der Waals surface area contributed by atoms with Crippen molar-refractivity contribution >= 4 is 12.6 Å². The molecular formula is C16H24O2. The van der Waals surface area contributed by atoms with Gasteiger partial charge in [-0.15, -0.1) is 0 Å². The highest BCUT2D eigenvalue weighted by Gasteiger charge is 2.18. The Hall–Kier alpha value is -1.18. The zero-order valence-electron chi connectivity index (χ0n) is 11.6. The maximum absolute atomic E-state index is 11.3. The van der Waals surface area contributed by atoms with Crippen LogP contribution < -0.4 is 0 Å². The molecule has 0 amide bonds. The first-order valence-corrected chi connectivity index (χ1v) is 7.13. The van der Waals surface area contributed by atoms with Gasteiger partial charge < -0.3 is 0 Å². The monoisotopic (exact) mass is 248 g/mol. The molecule has 0 aromatic heterocycles. The van der Waals surface area contributed by atoms with Crippen molar-refractivity contribution < 1.29 is 9.59 Å². The van der Waals surface area contributed by atoms with E-state index in [9.17, 15) is 9.59 Å². The van der Waals surface area contributed by atoms with E-state index in [1.165, 1.54) is 5.57 Å². The lowest BCUT2D eigenvalue weighted by molar-refractivity contribution is -0.106. The number of carbonyl (C=O) groups excluding carboxylic acids is 2. The molecule has 1 aliphatic rings. The molecule has 2 nitrogen and oxygen atoms in total. The van der Waals surface area contributed by atoms with Crippen molar-refractivity contribution in [2.75, 3.05) is 0 Å². The molecule has 1 rings (SSSR count). The number of aldehydes is 2. The van der Waals surface area contributed by atoms with Crippen molar-refractivity contribution in [2.24, 2.45) is 0 Å². The minimum Gasteiger partial charge on any atom is -0.298 e. The molecule has 0 bridgehead atoms. The number of rotatable bonds is 7. The fourth-order valence-corrected chi connectivity index (χ4v) is 2.71. The van der Waals surface area contributed by atoms with Crippen molar-refractivity contribution in [3.05, 3.63) is 22.3 Å². The second-order valence-electron chi connectivity index (χ2n) is 4.95.